The van der Waals surface area contributed by atoms with Crippen LogP contribution in [-0.2, 0) is 0 Å². The van der Waals surface area contributed by atoms with Crippen LogP contribution in [0.1, 0.15) is 28.8 Å². The number of hydrogen-bond acceptors (Lipinski definition) is 4. The molecule has 108 valence electrons. The first kappa shape index (κ1) is 16.2. The average molecular weight is 429 g/mol. The molecule has 0 aliphatic rings. The summed E-state index contributed by atoms with van der Waals surface area (Å²) in [5.41, 5.74) is 1.19. The highest BCUT2D eigenvalue weighted by Crippen LogP contribution is 2.35. The molecule has 0 spiro atoms. The molecule has 1 aromatic heterocycles. The van der Waals surface area contributed by atoms with Crippen LogP contribution in [0.5, 0.6) is 5.75 Å². The summed E-state index contributed by atoms with van der Waals surface area (Å²) in [5, 5.41) is 9.36. The van der Waals surface area contributed by atoms with Crippen LogP contribution in [0.15, 0.2) is 37.9 Å². The van der Waals surface area contributed by atoms with Gasteiger partial charge in [-0.3, -0.25) is 4.79 Å². The minimum Gasteiger partial charge on any atom is -0.494 e. The van der Waals surface area contributed by atoms with Gasteiger partial charge in [-0.25, -0.2) is 0 Å². The Bertz CT molecular complexity index is 689. The van der Waals surface area contributed by atoms with Gasteiger partial charge in [0, 0.05) is 5.56 Å². The van der Waals surface area contributed by atoms with E-state index in [0.717, 1.165) is 13.3 Å². The van der Waals surface area contributed by atoms with Crippen LogP contribution in [0.4, 0.5) is 0 Å². The van der Waals surface area contributed by atoms with Gasteiger partial charge in [-0.1, -0.05) is 12.1 Å². The standard InChI is InChI=1S/C15H11Br2NO2S/c1-2-20-10-5-3-9(4-6-10)12(8-18)14(19)11-7-13(16)21-15(11)17/h3-7,12H,2H2,1H3. The number of thiophene rings is 1. The van der Waals surface area contributed by atoms with Gasteiger partial charge in [0.2, 0.25) is 0 Å². The lowest BCUT2D eigenvalue weighted by Crippen LogP contribution is -2.11. The van der Waals surface area contributed by atoms with Crippen molar-refractivity contribution >= 4 is 49.0 Å². The van der Waals surface area contributed by atoms with Crippen molar-refractivity contribution in [3.63, 3.8) is 0 Å². The number of benzene rings is 1. The molecule has 0 aliphatic heterocycles. The quantitative estimate of drug-likeness (QED) is 0.617. The number of hydrogen-bond donors (Lipinski definition) is 0. The number of nitriles is 1. The van der Waals surface area contributed by atoms with Gasteiger partial charge in [0.1, 0.15) is 11.7 Å². The number of halogens is 2. The van der Waals surface area contributed by atoms with E-state index in [2.05, 4.69) is 37.9 Å². The van der Waals surface area contributed by atoms with Crippen molar-refractivity contribution in [3.05, 3.63) is 49.0 Å². The summed E-state index contributed by atoms with van der Waals surface area (Å²) < 4.78 is 6.94. The van der Waals surface area contributed by atoms with Crippen molar-refractivity contribution in [2.45, 2.75) is 12.8 Å². The third-order valence-electron chi connectivity index (χ3n) is 2.84. The van der Waals surface area contributed by atoms with E-state index in [-0.39, 0.29) is 5.78 Å². The zero-order valence-electron chi connectivity index (χ0n) is 11.1. The molecule has 21 heavy (non-hydrogen) atoms. The zero-order chi connectivity index (χ0) is 15.4. The third kappa shape index (κ3) is 3.73. The minimum atomic E-state index is -0.821. The van der Waals surface area contributed by atoms with Crippen LogP contribution in [0.2, 0.25) is 0 Å². The van der Waals surface area contributed by atoms with E-state index < -0.39 is 5.92 Å². The van der Waals surface area contributed by atoms with Gasteiger partial charge in [-0.2, -0.15) is 5.26 Å². The normalized spacial score (nSPS) is 11.7. The van der Waals surface area contributed by atoms with Crippen molar-refractivity contribution in [3.8, 4) is 11.8 Å². The molecule has 0 saturated carbocycles. The predicted molar refractivity (Wildman–Crippen MR) is 90.0 cm³/mol. The van der Waals surface area contributed by atoms with Crippen LogP contribution in [0.25, 0.3) is 0 Å². The van der Waals surface area contributed by atoms with Crippen LogP contribution < -0.4 is 4.74 Å². The number of rotatable bonds is 5. The van der Waals surface area contributed by atoms with Gasteiger partial charge in [0.15, 0.2) is 5.78 Å². The number of carbonyl (C=O) groups excluding carboxylic acids is 1. The molecule has 1 unspecified atom stereocenters. The van der Waals surface area contributed by atoms with Crippen molar-refractivity contribution in [1.82, 2.24) is 0 Å². The summed E-state index contributed by atoms with van der Waals surface area (Å²) in [4.78, 5) is 12.5. The Hall–Kier alpha value is -1.16. The molecule has 0 aliphatic carbocycles. The van der Waals surface area contributed by atoms with Crippen molar-refractivity contribution < 1.29 is 9.53 Å². The second-order valence-corrected chi connectivity index (χ2v) is 7.92. The monoisotopic (exact) mass is 427 g/mol. The molecule has 1 atom stereocenters. The summed E-state index contributed by atoms with van der Waals surface area (Å²) >= 11 is 8.11. The number of nitrogens with zero attached hydrogens (tertiary/aromatic N) is 1. The van der Waals surface area contributed by atoms with Crippen molar-refractivity contribution in [1.29, 1.82) is 5.26 Å². The summed E-state index contributed by atoms with van der Waals surface area (Å²) in [6.07, 6.45) is 0. The van der Waals surface area contributed by atoms with Crippen LogP contribution >= 0.6 is 43.2 Å². The highest BCUT2D eigenvalue weighted by atomic mass is 79.9. The molecular formula is C15H11Br2NO2S. The van der Waals surface area contributed by atoms with E-state index in [4.69, 9.17) is 4.74 Å². The molecule has 3 nitrogen and oxygen atoms in total. The second-order valence-electron chi connectivity index (χ2n) is 4.17. The van der Waals surface area contributed by atoms with E-state index in [1.807, 2.05) is 6.92 Å². The number of ketones is 1. The van der Waals surface area contributed by atoms with Gasteiger partial charge in [0.05, 0.1) is 20.2 Å². The Labute approximate surface area is 143 Å². The molecule has 0 fully saturated rings. The fourth-order valence-corrected chi connectivity index (χ4v) is 4.69. The molecule has 0 N–H and O–H groups in total. The van der Waals surface area contributed by atoms with Gasteiger partial charge < -0.3 is 4.74 Å². The second kappa shape index (κ2) is 7.21. The number of Topliss-reactive ketones (excluding diaryl/α,β-unsaturated/α-hetero) is 1. The average Bonchev–Trinajstić information content (AvgIpc) is 2.80. The Morgan fingerprint density at radius 3 is 2.52 bits per heavy atom. The van der Waals surface area contributed by atoms with Gasteiger partial charge in [-0.15, -0.1) is 11.3 Å². The van der Waals surface area contributed by atoms with Crippen LogP contribution in [-0.4, -0.2) is 12.4 Å². The van der Waals surface area contributed by atoms with E-state index >= 15 is 0 Å². The zero-order valence-corrected chi connectivity index (χ0v) is 15.1. The first-order valence-electron chi connectivity index (χ1n) is 6.18. The third-order valence-corrected chi connectivity index (χ3v) is 5.18. The SMILES string of the molecule is CCOc1ccc(C(C#N)C(=O)c2cc(Br)sc2Br)cc1. The van der Waals surface area contributed by atoms with Crippen LogP contribution in [0.3, 0.4) is 0 Å². The summed E-state index contributed by atoms with van der Waals surface area (Å²) in [7, 11) is 0. The van der Waals surface area contributed by atoms with Gasteiger partial charge in [-0.05, 0) is 62.5 Å². The molecule has 0 bridgehead atoms. The van der Waals surface area contributed by atoms with Crippen LogP contribution in [0, 0.1) is 11.3 Å². The number of ether oxygens (including phenoxy) is 1. The number of carbonyl (C=O) groups is 1. The molecule has 0 saturated heterocycles. The predicted octanol–water partition coefficient (Wildman–Crippen LogP) is 5.16. The lowest BCUT2D eigenvalue weighted by atomic mass is 9.93. The molecule has 6 heteroatoms. The highest BCUT2D eigenvalue weighted by molar-refractivity contribution is 9.12. The molecule has 2 rings (SSSR count). The Kier molecular flexibility index (Phi) is 5.57. The maximum atomic E-state index is 12.5. The highest BCUT2D eigenvalue weighted by Gasteiger charge is 2.25. The molecule has 1 heterocycles. The molecule has 0 amide bonds. The maximum absolute atomic E-state index is 12.5. The molecule has 1 aromatic carbocycles. The summed E-state index contributed by atoms with van der Waals surface area (Å²) in [5.74, 6) is -0.307. The van der Waals surface area contributed by atoms with Crippen molar-refractivity contribution in [2.24, 2.45) is 0 Å². The summed E-state index contributed by atoms with van der Waals surface area (Å²) in [6, 6.07) is 10.9. The topological polar surface area (TPSA) is 50.1 Å². The van der Waals surface area contributed by atoms with E-state index in [0.29, 0.717) is 17.7 Å². The van der Waals surface area contributed by atoms with E-state index in [9.17, 15) is 10.1 Å². The minimum absolute atomic E-state index is 0.213. The smallest absolute Gasteiger partial charge is 0.186 e. The van der Waals surface area contributed by atoms with Gasteiger partial charge >= 0.3 is 0 Å². The fraction of sp³-hybridized carbons (Fsp3) is 0.200. The fourth-order valence-electron chi connectivity index (χ4n) is 1.87. The van der Waals surface area contributed by atoms with Crippen molar-refractivity contribution in [2.75, 3.05) is 6.61 Å². The largest absolute Gasteiger partial charge is 0.494 e. The first-order chi connectivity index (χ1) is 10.1. The molecule has 2 aromatic rings. The lowest BCUT2D eigenvalue weighted by Gasteiger charge is -2.09. The van der Waals surface area contributed by atoms with E-state index in [1.165, 1.54) is 11.3 Å². The first-order valence-corrected chi connectivity index (χ1v) is 8.58. The summed E-state index contributed by atoms with van der Waals surface area (Å²) in [6.45, 7) is 2.48. The molecule has 0 radical (unpaired) electrons. The molecular weight excluding hydrogens is 418 g/mol. The van der Waals surface area contributed by atoms with Gasteiger partial charge in [0.25, 0.3) is 0 Å². The Balaban J connectivity index is 2.29. The van der Waals surface area contributed by atoms with E-state index in [1.54, 1.807) is 30.3 Å². The lowest BCUT2D eigenvalue weighted by molar-refractivity contribution is 0.0978. The Morgan fingerprint density at radius 2 is 2.05 bits per heavy atom. The Morgan fingerprint density at radius 1 is 1.38 bits per heavy atom. The maximum Gasteiger partial charge on any atom is 0.186 e.